The number of anilines is 2. The SMILES string of the molecule is Cc1cc(N2CC3CCC(C2)C3Nc2nc3c(-c4ccc(F)c(F)c4F)cccn3n2)ncn1. The molecule has 1 N–H and O–H groups in total. The Bertz CT molecular complexity index is 1370. The van der Waals surface area contributed by atoms with Gasteiger partial charge in [0.15, 0.2) is 23.1 Å². The maximum Gasteiger partial charge on any atom is 0.243 e. The highest BCUT2D eigenvalue weighted by atomic mass is 19.2. The van der Waals surface area contributed by atoms with Crippen LogP contribution in [-0.4, -0.2) is 43.7 Å². The van der Waals surface area contributed by atoms with E-state index in [-0.39, 0.29) is 11.6 Å². The van der Waals surface area contributed by atoms with E-state index in [1.807, 2.05) is 13.0 Å². The summed E-state index contributed by atoms with van der Waals surface area (Å²) in [5.41, 5.74) is 1.60. The number of fused-ring (bicyclic) bond motifs is 3. The Balaban J connectivity index is 1.27. The molecule has 4 aromatic rings. The van der Waals surface area contributed by atoms with Crippen molar-refractivity contribution >= 4 is 17.4 Å². The fraction of sp³-hybridized carbons (Fsp3) is 0.333. The van der Waals surface area contributed by atoms with Gasteiger partial charge in [-0.15, -0.1) is 5.10 Å². The zero-order chi connectivity index (χ0) is 23.4. The summed E-state index contributed by atoms with van der Waals surface area (Å²) in [5.74, 6) is -1.77. The number of halogens is 3. The van der Waals surface area contributed by atoms with Crippen molar-refractivity contribution in [1.82, 2.24) is 24.6 Å². The van der Waals surface area contributed by atoms with E-state index in [2.05, 4.69) is 30.3 Å². The summed E-state index contributed by atoms with van der Waals surface area (Å²) < 4.78 is 43.3. The molecule has 34 heavy (non-hydrogen) atoms. The van der Waals surface area contributed by atoms with E-state index in [4.69, 9.17) is 0 Å². The lowest BCUT2D eigenvalue weighted by Gasteiger charge is -2.38. The number of aryl methyl sites for hydroxylation is 1. The van der Waals surface area contributed by atoms with Crippen LogP contribution in [0.5, 0.6) is 0 Å². The van der Waals surface area contributed by atoms with Crippen LogP contribution in [-0.2, 0) is 0 Å². The van der Waals surface area contributed by atoms with E-state index in [0.717, 1.165) is 43.5 Å². The number of hydrogen-bond donors (Lipinski definition) is 1. The first-order chi connectivity index (χ1) is 16.5. The standard InChI is InChI=1S/C24H22F3N7/c1-13-9-19(29-12-28-13)33-10-14-4-5-15(11-33)22(14)30-24-31-23-17(3-2-8-34(23)32-24)16-6-7-18(25)21(27)20(16)26/h2-3,6-9,12,14-15,22H,4-5,10-11H2,1H3,(H,30,32). The summed E-state index contributed by atoms with van der Waals surface area (Å²) in [7, 11) is 0. The molecule has 174 valence electrons. The highest BCUT2D eigenvalue weighted by molar-refractivity contribution is 5.78. The van der Waals surface area contributed by atoms with Crippen LogP contribution >= 0.6 is 0 Å². The number of nitrogens with one attached hydrogen (secondary N) is 1. The fourth-order valence-electron chi connectivity index (χ4n) is 5.32. The molecule has 0 amide bonds. The highest BCUT2D eigenvalue weighted by Crippen LogP contribution is 2.40. The quantitative estimate of drug-likeness (QED) is 0.455. The minimum atomic E-state index is -1.50. The molecular formula is C24H22F3N7. The van der Waals surface area contributed by atoms with Gasteiger partial charge >= 0.3 is 0 Å². The lowest BCUT2D eigenvalue weighted by atomic mass is 9.92. The second-order valence-corrected chi connectivity index (χ2v) is 9.04. The second-order valence-electron chi connectivity index (χ2n) is 9.04. The molecule has 3 aromatic heterocycles. The van der Waals surface area contributed by atoms with Crippen LogP contribution in [0.15, 0.2) is 42.9 Å². The summed E-state index contributed by atoms with van der Waals surface area (Å²) in [6.07, 6.45) is 5.50. The largest absolute Gasteiger partial charge is 0.356 e. The first-order valence-corrected chi connectivity index (χ1v) is 11.3. The first-order valence-electron chi connectivity index (χ1n) is 11.3. The summed E-state index contributed by atoms with van der Waals surface area (Å²) in [6, 6.07) is 7.64. The number of nitrogens with zero attached hydrogens (tertiary/aromatic N) is 6. The van der Waals surface area contributed by atoms with Gasteiger partial charge in [0.2, 0.25) is 5.95 Å². The number of piperidine rings is 1. The average Bonchev–Trinajstić information content (AvgIpc) is 3.33. The molecule has 10 heteroatoms. The van der Waals surface area contributed by atoms with Gasteiger partial charge in [-0.25, -0.2) is 27.7 Å². The molecule has 6 rings (SSSR count). The first kappa shape index (κ1) is 20.9. The molecule has 2 unspecified atom stereocenters. The molecule has 2 atom stereocenters. The van der Waals surface area contributed by atoms with E-state index in [1.165, 1.54) is 10.6 Å². The third-order valence-electron chi connectivity index (χ3n) is 6.93. The molecule has 1 saturated heterocycles. The maximum absolute atomic E-state index is 14.5. The Morgan fingerprint density at radius 2 is 1.76 bits per heavy atom. The van der Waals surface area contributed by atoms with Crippen LogP contribution in [0, 0.1) is 36.2 Å². The maximum atomic E-state index is 14.5. The van der Waals surface area contributed by atoms with E-state index in [0.29, 0.717) is 29.0 Å². The fourth-order valence-corrected chi connectivity index (χ4v) is 5.32. The van der Waals surface area contributed by atoms with E-state index >= 15 is 0 Å². The van der Waals surface area contributed by atoms with Crippen LogP contribution in [0.2, 0.25) is 0 Å². The van der Waals surface area contributed by atoms with Crippen molar-refractivity contribution in [2.24, 2.45) is 11.8 Å². The minimum Gasteiger partial charge on any atom is -0.356 e. The number of rotatable bonds is 4. The van der Waals surface area contributed by atoms with Crippen molar-refractivity contribution < 1.29 is 13.2 Å². The molecule has 1 aromatic carbocycles. The molecule has 1 aliphatic heterocycles. The van der Waals surface area contributed by atoms with Gasteiger partial charge in [-0.2, -0.15) is 4.98 Å². The Hall–Kier alpha value is -3.69. The third kappa shape index (κ3) is 3.44. The van der Waals surface area contributed by atoms with Gasteiger partial charge in [-0.1, -0.05) is 0 Å². The Morgan fingerprint density at radius 1 is 0.971 bits per heavy atom. The second kappa shape index (κ2) is 7.96. The van der Waals surface area contributed by atoms with Gasteiger partial charge in [0, 0.05) is 48.2 Å². The van der Waals surface area contributed by atoms with Crippen LogP contribution in [0.25, 0.3) is 16.8 Å². The average molecular weight is 465 g/mol. The van der Waals surface area contributed by atoms with Gasteiger partial charge in [0.25, 0.3) is 0 Å². The number of aromatic nitrogens is 5. The van der Waals surface area contributed by atoms with Crippen molar-refractivity contribution in [2.45, 2.75) is 25.8 Å². The predicted molar refractivity (Wildman–Crippen MR) is 121 cm³/mol. The van der Waals surface area contributed by atoms with E-state index in [9.17, 15) is 13.2 Å². The molecule has 7 nitrogen and oxygen atoms in total. The number of benzene rings is 1. The highest BCUT2D eigenvalue weighted by Gasteiger charge is 2.43. The van der Waals surface area contributed by atoms with Crippen LogP contribution in [0.4, 0.5) is 24.9 Å². The molecule has 0 spiro atoms. The zero-order valence-electron chi connectivity index (χ0n) is 18.4. The van der Waals surface area contributed by atoms with Gasteiger partial charge in [0.1, 0.15) is 12.1 Å². The lowest BCUT2D eigenvalue weighted by molar-refractivity contribution is 0.375. The van der Waals surface area contributed by atoms with Crippen molar-refractivity contribution in [3.8, 4) is 11.1 Å². The molecule has 0 radical (unpaired) electrons. The van der Waals surface area contributed by atoms with Crippen LogP contribution in [0.3, 0.4) is 0 Å². The molecule has 2 fully saturated rings. The summed E-state index contributed by atoms with van der Waals surface area (Å²) in [5, 5.41) is 8.02. The third-order valence-corrected chi connectivity index (χ3v) is 6.93. The lowest BCUT2D eigenvalue weighted by Crippen LogP contribution is -2.48. The molecule has 1 saturated carbocycles. The van der Waals surface area contributed by atoms with Crippen molar-refractivity contribution in [3.63, 3.8) is 0 Å². The topological polar surface area (TPSA) is 71.2 Å². The van der Waals surface area contributed by atoms with Gasteiger partial charge in [0.05, 0.1) is 0 Å². The molecule has 4 heterocycles. The molecule has 2 aliphatic rings. The minimum absolute atomic E-state index is 0.0584. The normalized spacial score (nSPS) is 21.9. The monoisotopic (exact) mass is 465 g/mol. The van der Waals surface area contributed by atoms with Gasteiger partial charge < -0.3 is 10.2 Å². The Labute approximate surface area is 193 Å². The van der Waals surface area contributed by atoms with Gasteiger partial charge in [-0.05, 0) is 55.9 Å². The summed E-state index contributed by atoms with van der Waals surface area (Å²) in [4.78, 5) is 15.5. The smallest absolute Gasteiger partial charge is 0.243 e. The molecule has 2 bridgehead atoms. The van der Waals surface area contributed by atoms with E-state index in [1.54, 1.807) is 24.7 Å². The van der Waals surface area contributed by atoms with Crippen LogP contribution in [0.1, 0.15) is 18.5 Å². The van der Waals surface area contributed by atoms with Gasteiger partial charge in [-0.3, -0.25) is 0 Å². The Kier molecular flexibility index (Phi) is 4.89. The Morgan fingerprint density at radius 3 is 2.53 bits per heavy atom. The number of pyridine rings is 1. The summed E-state index contributed by atoms with van der Waals surface area (Å²) >= 11 is 0. The molecular weight excluding hydrogens is 443 g/mol. The van der Waals surface area contributed by atoms with E-state index < -0.39 is 17.5 Å². The van der Waals surface area contributed by atoms with Crippen LogP contribution < -0.4 is 10.2 Å². The zero-order valence-corrected chi connectivity index (χ0v) is 18.4. The predicted octanol–water partition coefficient (Wildman–Crippen LogP) is 4.24. The number of hydrogen-bond acceptors (Lipinski definition) is 6. The van der Waals surface area contributed by atoms with Crippen molar-refractivity contribution in [3.05, 3.63) is 66.0 Å². The summed E-state index contributed by atoms with van der Waals surface area (Å²) in [6.45, 7) is 3.72. The molecule has 1 aliphatic carbocycles. The van der Waals surface area contributed by atoms with Crippen molar-refractivity contribution in [1.29, 1.82) is 0 Å². The van der Waals surface area contributed by atoms with Crippen molar-refractivity contribution in [2.75, 3.05) is 23.3 Å².